The number of hydrogen-bond donors (Lipinski definition) is 2. The second-order valence-corrected chi connectivity index (χ2v) is 4.35. The minimum absolute atomic E-state index is 0.0984. The summed E-state index contributed by atoms with van der Waals surface area (Å²) in [6.07, 6.45) is -8.20. The van der Waals surface area contributed by atoms with Gasteiger partial charge in [-0.2, -0.15) is 13.2 Å². The van der Waals surface area contributed by atoms with E-state index in [1.165, 1.54) is 19.2 Å². The number of aliphatic hydroxyl groups is 2. The third-order valence-corrected chi connectivity index (χ3v) is 2.60. The normalized spacial score (nSPS) is 15.6. The molecule has 0 spiro atoms. The fourth-order valence-electron chi connectivity index (χ4n) is 1.56. The summed E-state index contributed by atoms with van der Waals surface area (Å²) in [5.74, 6) is -0.461. The Bertz CT molecular complexity index is 394. The molecule has 0 saturated carbocycles. The lowest BCUT2D eigenvalue weighted by Gasteiger charge is -2.24. The molecule has 0 heterocycles. The molecule has 1 aromatic rings. The van der Waals surface area contributed by atoms with Crippen molar-refractivity contribution in [1.29, 1.82) is 0 Å². The highest BCUT2D eigenvalue weighted by Crippen LogP contribution is 2.21. The molecule has 7 heteroatoms. The summed E-state index contributed by atoms with van der Waals surface area (Å²) in [7, 11) is 1.35. The van der Waals surface area contributed by atoms with Gasteiger partial charge in [0.05, 0.1) is 6.10 Å². The molecule has 2 N–H and O–H groups in total. The molecule has 0 saturated heterocycles. The lowest BCUT2D eigenvalue weighted by atomic mass is 10.1. The number of rotatable bonds is 5. The Morgan fingerprint density at radius 3 is 2.11 bits per heavy atom. The first-order valence-corrected chi connectivity index (χ1v) is 5.57. The summed E-state index contributed by atoms with van der Waals surface area (Å²) in [4.78, 5) is 1.16. The smallest absolute Gasteiger partial charge is 0.387 e. The molecule has 2 unspecified atom stereocenters. The van der Waals surface area contributed by atoms with E-state index in [1.54, 1.807) is 0 Å². The Hall–Kier alpha value is -1.18. The number of aliphatic hydroxyl groups excluding tert-OH is 2. The molecule has 0 aliphatic rings. The van der Waals surface area contributed by atoms with Crippen molar-refractivity contribution in [3.63, 3.8) is 0 Å². The van der Waals surface area contributed by atoms with Crippen LogP contribution in [0.25, 0.3) is 0 Å². The van der Waals surface area contributed by atoms with Crippen LogP contribution in [0.3, 0.4) is 0 Å². The van der Waals surface area contributed by atoms with E-state index in [1.807, 2.05) is 0 Å². The summed E-state index contributed by atoms with van der Waals surface area (Å²) in [6.45, 7) is -0.736. The molecular weight excluding hydrogens is 266 g/mol. The van der Waals surface area contributed by atoms with E-state index in [-0.39, 0.29) is 6.54 Å². The SMILES string of the molecule is CN(CC(O)c1ccc(F)cc1)CC(O)C(F)(F)F. The number of hydrogen-bond acceptors (Lipinski definition) is 3. The van der Waals surface area contributed by atoms with E-state index < -0.39 is 30.7 Å². The second-order valence-electron chi connectivity index (χ2n) is 4.35. The van der Waals surface area contributed by atoms with Crippen LogP contribution in [-0.2, 0) is 0 Å². The quantitative estimate of drug-likeness (QED) is 0.808. The Labute approximate surface area is 108 Å². The van der Waals surface area contributed by atoms with Crippen LogP contribution in [0.4, 0.5) is 17.6 Å². The van der Waals surface area contributed by atoms with Crippen LogP contribution < -0.4 is 0 Å². The molecule has 0 aliphatic carbocycles. The minimum atomic E-state index is -4.69. The van der Waals surface area contributed by atoms with Gasteiger partial charge in [-0.25, -0.2) is 4.39 Å². The summed E-state index contributed by atoms with van der Waals surface area (Å²) in [5, 5.41) is 18.6. The topological polar surface area (TPSA) is 43.7 Å². The highest BCUT2D eigenvalue weighted by Gasteiger charge is 2.38. The highest BCUT2D eigenvalue weighted by molar-refractivity contribution is 5.18. The van der Waals surface area contributed by atoms with Crippen molar-refractivity contribution in [2.24, 2.45) is 0 Å². The molecule has 1 rings (SSSR count). The molecule has 2 atom stereocenters. The van der Waals surface area contributed by atoms with Crippen LogP contribution in [0, 0.1) is 5.82 Å². The monoisotopic (exact) mass is 281 g/mol. The molecule has 0 fully saturated rings. The Balaban J connectivity index is 2.52. The van der Waals surface area contributed by atoms with Gasteiger partial charge in [0.25, 0.3) is 0 Å². The van der Waals surface area contributed by atoms with Crippen LogP contribution in [0.15, 0.2) is 24.3 Å². The van der Waals surface area contributed by atoms with Gasteiger partial charge in [-0.1, -0.05) is 12.1 Å². The third-order valence-electron chi connectivity index (χ3n) is 2.60. The van der Waals surface area contributed by atoms with Crippen molar-refractivity contribution in [2.45, 2.75) is 18.4 Å². The van der Waals surface area contributed by atoms with Crippen molar-refractivity contribution >= 4 is 0 Å². The van der Waals surface area contributed by atoms with Crippen molar-refractivity contribution in [3.8, 4) is 0 Å². The average Bonchev–Trinajstić information content (AvgIpc) is 2.28. The first-order valence-electron chi connectivity index (χ1n) is 5.57. The zero-order chi connectivity index (χ0) is 14.6. The predicted octanol–water partition coefficient (Wildman–Crippen LogP) is 1.71. The fourth-order valence-corrected chi connectivity index (χ4v) is 1.56. The van der Waals surface area contributed by atoms with Crippen LogP contribution in [0.5, 0.6) is 0 Å². The summed E-state index contributed by atoms with van der Waals surface area (Å²) in [5.41, 5.74) is 0.398. The summed E-state index contributed by atoms with van der Waals surface area (Å²) >= 11 is 0. The van der Waals surface area contributed by atoms with E-state index in [4.69, 9.17) is 5.11 Å². The van der Waals surface area contributed by atoms with Gasteiger partial charge >= 0.3 is 6.18 Å². The van der Waals surface area contributed by atoms with Gasteiger partial charge in [-0.3, -0.25) is 0 Å². The maximum Gasteiger partial charge on any atom is 0.415 e. The molecule has 0 aliphatic heterocycles. The number of halogens is 4. The molecule has 0 radical (unpaired) electrons. The number of nitrogens with zero attached hydrogens (tertiary/aromatic N) is 1. The first kappa shape index (κ1) is 15.9. The average molecular weight is 281 g/mol. The molecule has 3 nitrogen and oxygen atoms in total. The van der Waals surface area contributed by atoms with Gasteiger partial charge in [-0.05, 0) is 24.7 Å². The van der Waals surface area contributed by atoms with E-state index in [0.717, 1.165) is 17.0 Å². The van der Waals surface area contributed by atoms with Crippen LogP contribution in [-0.4, -0.2) is 47.5 Å². The molecular formula is C12H15F4NO2. The third kappa shape index (κ3) is 5.14. The standard InChI is InChI=1S/C12H15F4NO2/c1-17(7-11(19)12(14,15)16)6-10(18)8-2-4-9(13)5-3-8/h2-5,10-11,18-19H,6-7H2,1H3. The molecule has 0 amide bonds. The molecule has 19 heavy (non-hydrogen) atoms. The lowest BCUT2D eigenvalue weighted by molar-refractivity contribution is -0.207. The number of likely N-dealkylation sites (N-methyl/N-ethyl adjacent to an activating group) is 1. The summed E-state index contributed by atoms with van der Waals surface area (Å²) < 4.78 is 49.1. The Morgan fingerprint density at radius 2 is 1.63 bits per heavy atom. The number of alkyl halides is 3. The van der Waals surface area contributed by atoms with E-state index >= 15 is 0 Å². The van der Waals surface area contributed by atoms with Crippen LogP contribution in [0.2, 0.25) is 0 Å². The number of benzene rings is 1. The second kappa shape index (κ2) is 6.31. The highest BCUT2D eigenvalue weighted by atomic mass is 19.4. The maximum absolute atomic E-state index is 12.7. The zero-order valence-electron chi connectivity index (χ0n) is 10.2. The van der Waals surface area contributed by atoms with Crippen molar-refractivity contribution in [3.05, 3.63) is 35.6 Å². The van der Waals surface area contributed by atoms with E-state index in [2.05, 4.69) is 0 Å². The Morgan fingerprint density at radius 1 is 1.11 bits per heavy atom. The van der Waals surface area contributed by atoms with Gasteiger partial charge in [0.2, 0.25) is 0 Å². The molecule has 0 aromatic heterocycles. The molecule has 0 bridgehead atoms. The van der Waals surface area contributed by atoms with Crippen molar-refractivity contribution in [1.82, 2.24) is 4.90 Å². The van der Waals surface area contributed by atoms with Crippen molar-refractivity contribution in [2.75, 3.05) is 20.1 Å². The Kier molecular flexibility index (Phi) is 5.28. The van der Waals surface area contributed by atoms with Gasteiger partial charge < -0.3 is 15.1 Å². The van der Waals surface area contributed by atoms with Gasteiger partial charge in [0.15, 0.2) is 6.10 Å². The predicted molar refractivity (Wildman–Crippen MR) is 60.9 cm³/mol. The van der Waals surface area contributed by atoms with E-state index in [0.29, 0.717) is 5.56 Å². The minimum Gasteiger partial charge on any atom is -0.387 e. The summed E-state index contributed by atoms with van der Waals surface area (Å²) in [6, 6.07) is 5.02. The van der Waals surface area contributed by atoms with Crippen molar-refractivity contribution < 1.29 is 27.8 Å². The maximum atomic E-state index is 12.7. The largest absolute Gasteiger partial charge is 0.415 e. The van der Waals surface area contributed by atoms with E-state index in [9.17, 15) is 22.7 Å². The lowest BCUT2D eigenvalue weighted by Crippen LogP contribution is -2.40. The first-order chi connectivity index (χ1) is 8.70. The van der Waals surface area contributed by atoms with Gasteiger partial charge in [-0.15, -0.1) is 0 Å². The molecule has 108 valence electrons. The molecule has 1 aromatic carbocycles. The van der Waals surface area contributed by atoms with Gasteiger partial charge in [0.1, 0.15) is 5.82 Å². The van der Waals surface area contributed by atoms with Crippen LogP contribution in [0.1, 0.15) is 11.7 Å². The zero-order valence-corrected chi connectivity index (χ0v) is 10.2. The van der Waals surface area contributed by atoms with Crippen LogP contribution >= 0.6 is 0 Å². The fraction of sp³-hybridized carbons (Fsp3) is 0.500. The van der Waals surface area contributed by atoms with Gasteiger partial charge in [0, 0.05) is 13.1 Å².